The summed E-state index contributed by atoms with van der Waals surface area (Å²) in [6, 6.07) is 16.5. The minimum Gasteiger partial charge on any atom is -0.438 e. The van der Waals surface area contributed by atoms with Gasteiger partial charge in [0.15, 0.2) is 17.2 Å². The van der Waals surface area contributed by atoms with E-state index in [1.54, 1.807) is 18.2 Å². The first-order valence-electron chi connectivity index (χ1n) is 10.2. The molecule has 0 spiro atoms. The predicted octanol–water partition coefficient (Wildman–Crippen LogP) is 6.06. The number of aryl methyl sites for hydroxylation is 1. The molecule has 1 aliphatic heterocycles. The first-order chi connectivity index (χ1) is 15.0. The highest BCUT2D eigenvalue weighted by atomic mass is 19.2. The van der Waals surface area contributed by atoms with Crippen molar-refractivity contribution in [2.75, 3.05) is 6.54 Å². The number of hydrogen-bond donors (Lipinski definition) is 0. The number of halogens is 2. The van der Waals surface area contributed by atoms with Gasteiger partial charge >= 0.3 is 0 Å². The van der Waals surface area contributed by atoms with Gasteiger partial charge in [-0.25, -0.2) is 13.8 Å². The summed E-state index contributed by atoms with van der Waals surface area (Å²) < 4.78 is 32.9. The summed E-state index contributed by atoms with van der Waals surface area (Å²) in [5.74, 6) is -1.30. The highest BCUT2D eigenvalue weighted by Gasteiger charge is 2.34. The van der Waals surface area contributed by atoms with Crippen LogP contribution in [0.2, 0.25) is 0 Å². The largest absolute Gasteiger partial charge is 0.438 e. The predicted molar refractivity (Wildman–Crippen MR) is 114 cm³/mol. The Morgan fingerprint density at radius 1 is 1.03 bits per heavy atom. The molecular weight excluding hydrogens is 398 g/mol. The van der Waals surface area contributed by atoms with Gasteiger partial charge in [0.05, 0.1) is 0 Å². The molecule has 6 heteroatoms. The molecule has 0 saturated carbocycles. The summed E-state index contributed by atoms with van der Waals surface area (Å²) in [5.41, 5.74) is 4.11. The van der Waals surface area contributed by atoms with Crippen molar-refractivity contribution < 1.29 is 18.0 Å². The Labute approximate surface area is 178 Å². The van der Waals surface area contributed by atoms with Gasteiger partial charge in [-0.1, -0.05) is 30.3 Å². The Hall–Kier alpha value is -3.54. The minimum atomic E-state index is -0.894. The standard InChI is InChI=1S/C25H20F2N2O2/c1-15-5-2-3-6-18(15)25(30)29-12-4-7-22(29)24-28-21-14-17(9-11-23(21)31-24)16-8-10-19(26)20(27)13-16/h2-3,5-6,8-11,13-14,22H,4,7,12H2,1H3. The number of carbonyl (C=O) groups excluding carboxylic acids is 1. The summed E-state index contributed by atoms with van der Waals surface area (Å²) in [6.07, 6.45) is 1.65. The molecule has 1 fully saturated rings. The zero-order valence-corrected chi connectivity index (χ0v) is 16.9. The molecule has 1 unspecified atom stereocenters. The van der Waals surface area contributed by atoms with E-state index < -0.39 is 11.6 Å². The maximum absolute atomic E-state index is 13.6. The molecule has 1 saturated heterocycles. The van der Waals surface area contributed by atoms with E-state index in [2.05, 4.69) is 4.98 Å². The van der Waals surface area contributed by atoms with Crippen LogP contribution in [0.15, 0.2) is 65.1 Å². The number of carbonyl (C=O) groups is 1. The third-order valence-electron chi connectivity index (χ3n) is 5.83. The van der Waals surface area contributed by atoms with Gasteiger partial charge in [0.1, 0.15) is 11.6 Å². The fourth-order valence-electron chi connectivity index (χ4n) is 4.18. The lowest BCUT2D eigenvalue weighted by Crippen LogP contribution is -2.31. The quantitative estimate of drug-likeness (QED) is 0.406. The Morgan fingerprint density at radius 3 is 2.61 bits per heavy atom. The fourth-order valence-corrected chi connectivity index (χ4v) is 4.18. The lowest BCUT2D eigenvalue weighted by Gasteiger charge is -2.23. The molecule has 2 heterocycles. The molecule has 1 aromatic heterocycles. The smallest absolute Gasteiger partial charge is 0.254 e. The van der Waals surface area contributed by atoms with Crippen LogP contribution in [-0.2, 0) is 0 Å². The Morgan fingerprint density at radius 2 is 1.81 bits per heavy atom. The fraction of sp³-hybridized carbons (Fsp3) is 0.200. The summed E-state index contributed by atoms with van der Waals surface area (Å²) >= 11 is 0. The summed E-state index contributed by atoms with van der Waals surface area (Å²) in [5, 5.41) is 0. The van der Waals surface area contributed by atoms with Gasteiger partial charge in [-0.2, -0.15) is 0 Å². The van der Waals surface area contributed by atoms with Crippen molar-refractivity contribution in [3.05, 3.63) is 89.3 Å². The molecular formula is C25H20F2N2O2. The van der Waals surface area contributed by atoms with Gasteiger partial charge in [-0.05, 0) is 66.8 Å². The summed E-state index contributed by atoms with van der Waals surface area (Å²) in [7, 11) is 0. The van der Waals surface area contributed by atoms with E-state index in [1.807, 2.05) is 36.1 Å². The van der Waals surface area contributed by atoms with E-state index in [4.69, 9.17) is 4.42 Å². The number of amides is 1. The van der Waals surface area contributed by atoms with Gasteiger partial charge in [0.2, 0.25) is 5.89 Å². The molecule has 1 aliphatic rings. The SMILES string of the molecule is Cc1ccccc1C(=O)N1CCCC1c1nc2cc(-c3ccc(F)c(F)c3)ccc2o1. The molecule has 1 atom stereocenters. The normalized spacial score (nSPS) is 16.2. The molecule has 0 aliphatic carbocycles. The van der Waals surface area contributed by atoms with Crippen LogP contribution in [0.5, 0.6) is 0 Å². The Kier molecular flexibility index (Phi) is 4.77. The highest BCUT2D eigenvalue weighted by molar-refractivity contribution is 5.96. The van der Waals surface area contributed by atoms with Crippen LogP contribution in [0.4, 0.5) is 8.78 Å². The number of likely N-dealkylation sites (tertiary alicyclic amines) is 1. The summed E-state index contributed by atoms with van der Waals surface area (Å²) in [4.78, 5) is 19.6. The number of fused-ring (bicyclic) bond motifs is 1. The van der Waals surface area contributed by atoms with Gasteiger partial charge in [-0.15, -0.1) is 0 Å². The van der Waals surface area contributed by atoms with Gasteiger partial charge in [0, 0.05) is 12.1 Å². The molecule has 3 aromatic carbocycles. The van der Waals surface area contributed by atoms with E-state index in [9.17, 15) is 13.6 Å². The van der Waals surface area contributed by atoms with Crippen LogP contribution in [0.1, 0.15) is 40.7 Å². The third-order valence-corrected chi connectivity index (χ3v) is 5.83. The second-order valence-corrected chi connectivity index (χ2v) is 7.83. The lowest BCUT2D eigenvalue weighted by atomic mass is 10.1. The molecule has 0 radical (unpaired) electrons. The van der Waals surface area contributed by atoms with E-state index in [0.29, 0.717) is 40.2 Å². The minimum absolute atomic E-state index is 0.0228. The zero-order valence-electron chi connectivity index (χ0n) is 16.9. The van der Waals surface area contributed by atoms with Crippen LogP contribution in [0.25, 0.3) is 22.2 Å². The molecule has 5 rings (SSSR count). The van der Waals surface area contributed by atoms with Crippen LogP contribution < -0.4 is 0 Å². The number of aromatic nitrogens is 1. The molecule has 4 nitrogen and oxygen atoms in total. The maximum atomic E-state index is 13.6. The first kappa shape index (κ1) is 19.4. The van der Waals surface area contributed by atoms with Gasteiger partial charge < -0.3 is 9.32 Å². The van der Waals surface area contributed by atoms with Crippen molar-refractivity contribution >= 4 is 17.0 Å². The van der Waals surface area contributed by atoms with Crippen LogP contribution in [-0.4, -0.2) is 22.3 Å². The van der Waals surface area contributed by atoms with E-state index in [1.165, 1.54) is 6.07 Å². The zero-order chi connectivity index (χ0) is 21.5. The van der Waals surface area contributed by atoms with E-state index in [0.717, 1.165) is 30.5 Å². The number of benzene rings is 3. The molecule has 156 valence electrons. The van der Waals surface area contributed by atoms with Crippen molar-refractivity contribution in [3.8, 4) is 11.1 Å². The Bertz CT molecular complexity index is 1300. The first-order valence-corrected chi connectivity index (χ1v) is 10.2. The van der Waals surface area contributed by atoms with Gasteiger partial charge in [-0.3, -0.25) is 4.79 Å². The second kappa shape index (κ2) is 7.61. The molecule has 0 N–H and O–H groups in total. The number of hydrogen-bond acceptors (Lipinski definition) is 3. The van der Waals surface area contributed by atoms with Gasteiger partial charge in [0.25, 0.3) is 5.91 Å². The molecule has 1 amide bonds. The monoisotopic (exact) mass is 418 g/mol. The van der Waals surface area contributed by atoms with Crippen molar-refractivity contribution in [2.24, 2.45) is 0 Å². The number of nitrogens with zero attached hydrogens (tertiary/aromatic N) is 2. The average molecular weight is 418 g/mol. The molecule has 31 heavy (non-hydrogen) atoms. The van der Waals surface area contributed by atoms with Crippen molar-refractivity contribution in [1.82, 2.24) is 9.88 Å². The summed E-state index contributed by atoms with van der Waals surface area (Å²) in [6.45, 7) is 2.58. The molecule has 0 bridgehead atoms. The number of rotatable bonds is 3. The van der Waals surface area contributed by atoms with E-state index >= 15 is 0 Å². The van der Waals surface area contributed by atoms with Crippen molar-refractivity contribution in [3.63, 3.8) is 0 Å². The average Bonchev–Trinajstić information content (AvgIpc) is 3.41. The van der Waals surface area contributed by atoms with Crippen LogP contribution in [0.3, 0.4) is 0 Å². The lowest BCUT2D eigenvalue weighted by molar-refractivity contribution is 0.0716. The Balaban J connectivity index is 1.47. The van der Waals surface area contributed by atoms with Crippen molar-refractivity contribution in [1.29, 1.82) is 0 Å². The third kappa shape index (κ3) is 3.48. The number of oxazole rings is 1. The van der Waals surface area contributed by atoms with E-state index in [-0.39, 0.29) is 11.9 Å². The van der Waals surface area contributed by atoms with Crippen LogP contribution in [0, 0.1) is 18.6 Å². The molecule has 4 aromatic rings. The second-order valence-electron chi connectivity index (χ2n) is 7.83. The van der Waals surface area contributed by atoms with Crippen LogP contribution >= 0.6 is 0 Å². The maximum Gasteiger partial charge on any atom is 0.254 e. The van der Waals surface area contributed by atoms with Crippen molar-refractivity contribution in [2.45, 2.75) is 25.8 Å². The highest BCUT2D eigenvalue weighted by Crippen LogP contribution is 2.35. The topological polar surface area (TPSA) is 46.3 Å².